The third-order valence-corrected chi connectivity index (χ3v) is 34.1. The summed E-state index contributed by atoms with van der Waals surface area (Å²) >= 11 is 0. The molecule has 0 unspecified atom stereocenters. The van der Waals surface area contributed by atoms with Gasteiger partial charge in [-0.3, -0.25) is 0 Å². The van der Waals surface area contributed by atoms with Crippen LogP contribution in [0.5, 0.6) is 0 Å². The molecule has 0 bridgehead atoms. The number of nitrogens with zero attached hydrogens (tertiary/aromatic N) is 4. The number of hydrogen-bond acceptors (Lipinski definition) is 4. The predicted molar refractivity (Wildman–Crippen MR) is 602 cm³/mol. The summed E-state index contributed by atoms with van der Waals surface area (Å²) in [5.41, 5.74) is 65.2. The Morgan fingerprint density at radius 2 is 0.286 bits per heavy atom. The first-order chi connectivity index (χ1) is 72.6. The van der Waals surface area contributed by atoms with Crippen LogP contribution in [0.25, 0.3) is 201 Å². The molecule has 0 fully saturated rings. The van der Waals surface area contributed by atoms with Crippen molar-refractivity contribution in [1.82, 2.24) is 19.9 Å². The van der Waals surface area contributed by atoms with E-state index in [2.05, 4.69) is 512 Å². The minimum atomic E-state index is -0.390. The second-order valence-corrected chi connectivity index (χ2v) is 41.1. The lowest BCUT2D eigenvalue weighted by Gasteiger charge is -2.30. The fourth-order valence-corrected chi connectivity index (χ4v) is 27.8. The van der Waals surface area contributed by atoms with Gasteiger partial charge >= 0.3 is 0 Å². The fraction of sp³-hybridized carbons (Fsp3) is 0.0490. The van der Waals surface area contributed by atoms with Gasteiger partial charge in [-0.1, -0.05) is 461 Å². The van der Waals surface area contributed by atoms with Gasteiger partial charge in [0.2, 0.25) is 0 Å². The van der Waals surface area contributed by atoms with E-state index in [9.17, 15) is 0 Å². The van der Waals surface area contributed by atoms with E-state index in [1.54, 1.807) is 0 Å². The smallest absolute Gasteiger partial charge is 0.0973 e. The van der Waals surface area contributed by atoms with E-state index in [0.717, 1.165) is 106 Å². The Morgan fingerprint density at radius 1 is 0.122 bits per heavy atom. The Morgan fingerprint density at radius 3 is 0.497 bits per heavy atom. The van der Waals surface area contributed by atoms with E-state index in [4.69, 9.17) is 19.9 Å². The van der Waals surface area contributed by atoms with Crippen molar-refractivity contribution in [1.29, 1.82) is 0 Å². The van der Waals surface area contributed by atoms with E-state index >= 15 is 0 Å². The van der Waals surface area contributed by atoms with Crippen LogP contribution in [0.1, 0.15) is 106 Å². The summed E-state index contributed by atoms with van der Waals surface area (Å²) in [6.45, 7) is 6.40. The molecule has 22 aromatic carbocycles. The highest BCUT2D eigenvalue weighted by atomic mass is 14.8. The lowest BCUT2D eigenvalue weighted by molar-refractivity contribution is 0.794. The molecule has 2 heterocycles. The van der Waals surface area contributed by atoms with Crippen molar-refractivity contribution in [3.63, 3.8) is 0 Å². The average Bonchev–Trinajstić information content (AvgIpc) is 1.52. The molecule has 8 aliphatic carbocycles. The minimum Gasteiger partial charge on any atom is -0.244 e. The Bertz CT molecular complexity index is 9300. The van der Waals surface area contributed by atoms with Crippen molar-refractivity contribution in [2.75, 3.05) is 0 Å². The number of benzene rings is 22. The molecule has 0 radical (unpaired) electrons. The first-order valence-electron chi connectivity index (χ1n) is 51.4. The third-order valence-electron chi connectivity index (χ3n) is 34.1. The van der Waals surface area contributed by atoms with Gasteiger partial charge in [0, 0.05) is 22.3 Å². The largest absolute Gasteiger partial charge is 0.244 e. The summed E-state index contributed by atoms with van der Waals surface area (Å²) in [5.74, 6) is 0. The maximum atomic E-state index is 5.50. The summed E-state index contributed by atoms with van der Waals surface area (Å²) in [7, 11) is 0. The summed E-state index contributed by atoms with van der Waals surface area (Å²) in [6, 6.07) is 183. The summed E-state index contributed by atoms with van der Waals surface area (Å²) in [4.78, 5) is 21.8. The zero-order valence-electron chi connectivity index (χ0n) is 81.1. The Balaban J connectivity index is 0.000000133. The van der Waals surface area contributed by atoms with Crippen molar-refractivity contribution in [2.45, 2.75) is 42.4 Å². The number of aromatic nitrogens is 4. The van der Waals surface area contributed by atoms with Crippen LogP contribution in [0.4, 0.5) is 0 Å². The second kappa shape index (κ2) is 31.3. The highest BCUT2D eigenvalue weighted by molar-refractivity contribution is 6.04. The molecular formula is C143H90N4. The number of fused-ring (bicyclic) bond motifs is 42. The molecule has 4 spiro atoms. The SMILES string of the molecule is Cc1ccc(C)c2nc(-c3ccc(-c4ccc5c(c4)C4(c6ccccc6-c6ccccc64)c4ccccc4-5)cc3)c(-c3ccc(-c4ccc5c(c4)C4(c6ccccc6-c6ccccc64)c4ccccc4-5)cc3)nc12.Cc1cccc2nc(-c3ccc(-c4ccc5c(c4)C4(c6ccccc6-c6ccccc64)c4ccccc4-5)cc3)c(-c3ccc(-c4ccc5c(c4)C4(c6ccccc6-c6ccccc64)c4ccccc4-5)cc3)nc12. The topological polar surface area (TPSA) is 51.6 Å². The van der Waals surface area contributed by atoms with Crippen molar-refractivity contribution in [3.05, 3.63) is 597 Å². The molecule has 2 aromatic heterocycles. The van der Waals surface area contributed by atoms with Crippen molar-refractivity contribution in [2.24, 2.45) is 0 Å². The Hall–Kier alpha value is -18.5. The maximum Gasteiger partial charge on any atom is 0.0973 e. The molecule has 0 amide bonds. The van der Waals surface area contributed by atoms with E-state index in [-0.39, 0.29) is 21.7 Å². The normalized spacial score (nSPS) is 14.0. The molecule has 0 saturated carbocycles. The van der Waals surface area contributed by atoms with Crippen LogP contribution in [0.15, 0.2) is 491 Å². The number of para-hydroxylation sites is 1. The summed E-state index contributed by atoms with van der Waals surface area (Å²) in [5, 5.41) is 0. The average molecular weight is 1860 g/mol. The van der Waals surface area contributed by atoms with Gasteiger partial charge < -0.3 is 0 Å². The maximum absolute atomic E-state index is 5.50. The molecule has 0 N–H and O–H groups in total. The van der Waals surface area contributed by atoms with Gasteiger partial charge in [0.15, 0.2) is 0 Å². The van der Waals surface area contributed by atoms with Crippen molar-refractivity contribution < 1.29 is 0 Å². The molecule has 8 aliphatic rings. The quantitative estimate of drug-likeness (QED) is 0.152. The van der Waals surface area contributed by atoms with Crippen molar-refractivity contribution in [3.8, 4) is 179 Å². The summed E-state index contributed by atoms with van der Waals surface area (Å²) < 4.78 is 0. The molecule has 147 heavy (non-hydrogen) atoms. The van der Waals surface area contributed by atoms with Gasteiger partial charge in [-0.2, -0.15) is 0 Å². The van der Waals surface area contributed by atoms with Crippen molar-refractivity contribution >= 4 is 22.1 Å². The zero-order valence-corrected chi connectivity index (χ0v) is 81.1. The van der Waals surface area contributed by atoms with Crippen LogP contribution in [-0.4, -0.2) is 19.9 Å². The van der Waals surface area contributed by atoms with Crippen LogP contribution in [-0.2, 0) is 21.7 Å². The zero-order chi connectivity index (χ0) is 96.9. The number of hydrogen-bond donors (Lipinski definition) is 0. The van der Waals surface area contributed by atoms with Crippen LogP contribution >= 0.6 is 0 Å². The number of rotatable bonds is 8. The predicted octanol–water partition coefficient (Wildman–Crippen LogP) is 34.9. The molecule has 4 nitrogen and oxygen atoms in total. The first kappa shape index (κ1) is 83.2. The monoisotopic (exact) mass is 1860 g/mol. The first-order valence-corrected chi connectivity index (χ1v) is 51.4. The van der Waals surface area contributed by atoms with Gasteiger partial charge in [-0.05, 0) is 290 Å². The summed E-state index contributed by atoms with van der Waals surface area (Å²) in [6.07, 6.45) is 0. The molecule has 0 saturated heterocycles. The van der Waals surface area contributed by atoms with Gasteiger partial charge in [0.1, 0.15) is 0 Å². The Kier molecular flexibility index (Phi) is 17.7. The van der Waals surface area contributed by atoms with Gasteiger partial charge in [-0.25, -0.2) is 19.9 Å². The minimum absolute atomic E-state index is 0.388. The van der Waals surface area contributed by atoms with Gasteiger partial charge in [0.25, 0.3) is 0 Å². The molecular weight excluding hydrogens is 1770 g/mol. The molecule has 24 aromatic rings. The molecule has 32 rings (SSSR count). The second-order valence-electron chi connectivity index (χ2n) is 41.1. The van der Waals surface area contributed by atoms with Gasteiger partial charge in [-0.15, -0.1) is 0 Å². The van der Waals surface area contributed by atoms with E-state index in [0.29, 0.717) is 0 Å². The molecule has 0 aliphatic heterocycles. The highest BCUT2D eigenvalue weighted by Crippen LogP contribution is 2.69. The van der Waals surface area contributed by atoms with E-state index in [1.807, 2.05) is 0 Å². The standard InChI is InChI=1S/C72H46N2.C71H44N2/c1-43-27-28-44(2)68-67(43)73-69(47-33-29-45(30-34-47)49-37-39-57-55-19-7-13-25-63(55)71(65(57)41-49)59-21-9-3-15-51(59)52-16-4-10-22-60(52)71)70(74-68)48-35-31-46(32-36-48)50-38-40-58-56-20-8-14-26-64(56)72(66(58)42-50)61-23-11-5-17-53(61)54-18-6-12-24-62(54)72;1-43-15-14-28-66-67(43)73-69(47-35-31-45(32-36-47)49-38-40-57-55-21-7-13-27-63(55)71(65(57)42-49)60-24-10-4-18-52(60)53-19-5-11-25-61(53)71)68(72-66)46-33-29-44(30-34-46)48-37-39-56-54-20-6-12-26-62(54)70(64(56)41-48)58-22-8-2-16-50(58)51-17-3-9-23-59(51)70/h3-42H,1-2H3;2-42H,1H3. The highest BCUT2D eigenvalue weighted by Gasteiger charge is 2.57. The molecule has 682 valence electrons. The van der Waals surface area contributed by atoms with E-state index in [1.165, 1.54) is 200 Å². The van der Waals surface area contributed by atoms with E-state index < -0.39 is 0 Å². The number of aryl methyl sites for hydroxylation is 3. The fourth-order valence-electron chi connectivity index (χ4n) is 27.8. The third kappa shape index (κ3) is 11.4. The van der Waals surface area contributed by atoms with Crippen LogP contribution in [0.2, 0.25) is 0 Å². The molecule has 4 heteroatoms. The molecule has 0 atom stereocenters. The van der Waals surface area contributed by atoms with Crippen LogP contribution in [0, 0.1) is 20.8 Å². The lowest BCUT2D eigenvalue weighted by atomic mass is 9.70. The van der Waals surface area contributed by atoms with Crippen LogP contribution in [0.3, 0.4) is 0 Å². The lowest BCUT2D eigenvalue weighted by Crippen LogP contribution is -2.25. The van der Waals surface area contributed by atoms with Gasteiger partial charge in [0.05, 0.1) is 66.5 Å². The Labute approximate surface area is 853 Å². The van der Waals surface area contributed by atoms with Crippen LogP contribution < -0.4 is 0 Å².